The van der Waals surface area contributed by atoms with Gasteiger partial charge in [0.25, 0.3) is 5.91 Å². The highest BCUT2D eigenvalue weighted by molar-refractivity contribution is 5.99. The molecule has 0 unspecified atom stereocenters. The van der Waals surface area contributed by atoms with Gasteiger partial charge in [-0.15, -0.1) is 0 Å². The molecule has 1 aliphatic rings. The number of amides is 2. The summed E-state index contributed by atoms with van der Waals surface area (Å²) in [6.45, 7) is 0. The average molecular weight is 266 g/mol. The minimum absolute atomic E-state index is 0.00360. The second-order valence-electron chi connectivity index (χ2n) is 3.98. The number of nitrogens with zero attached hydrogens (tertiary/aromatic N) is 2. The van der Waals surface area contributed by atoms with Gasteiger partial charge in [0.05, 0.1) is 14.2 Å². The molecule has 1 aromatic rings. The molecule has 19 heavy (non-hydrogen) atoms. The molecular weight excluding hydrogens is 252 g/mol. The van der Waals surface area contributed by atoms with E-state index in [0.29, 0.717) is 0 Å². The Balaban J connectivity index is 2.10. The van der Waals surface area contributed by atoms with Crippen molar-refractivity contribution in [1.29, 1.82) is 0 Å². The fraction of sp³-hybridized carbons (Fsp3) is 0.455. The highest BCUT2D eigenvalue weighted by Gasteiger charge is 2.30. The molecule has 1 heterocycles. The van der Waals surface area contributed by atoms with E-state index in [1.807, 2.05) is 0 Å². The molecule has 0 spiro atoms. The Bertz CT molecular complexity index is 479. The topological polar surface area (TPSA) is 102 Å². The van der Waals surface area contributed by atoms with Crippen molar-refractivity contribution >= 4 is 11.8 Å². The Labute approximate surface area is 109 Å². The Morgan fingerprint density at radius 2 is 1.74 bits per heavy atom. The predicted octanol–water partition coefficient (Wildman–Crippen LogP) is -0.335. The molecule has 2 rings (SSSR count). The third-order valence-electron chi connectivity index (χ3n) is 2.64. The van der Waals surface area contributed by atoms with Crippen molar-refractivity contribution in [2.45, 2.75) is 12.8 Å². The monoisotopic (exact) mass is 266 g/mol. The quantitative estimate of drug-likeness (QED) is 0.723. The van der Waals surface area contributed by atoms with Crippen molar-refractivity contribution in [3.05, 3.63) is 11.9 Å². The number of nitrogens with one attached hydrogen (secondary N) is 2. The van der Waals surface area contributed by atoms with Crippen molar-refractivity contribution in [2.24, 2.45) is 5.92 Å². The summed E-state index contributed by atoms with van der Waals surface area (Å²) in [4.78, 5) is 31.0. The van der Waals surface area contributed by atoms with Crippen molar-refractivity contribution in [3.8, 4) is 11.8 Å². The summed E-state index contributed by atoms with van der Waals surface area (Å²) in [6.07, 6.45) is 2.92. The number of carbonyl (C=O) groups excluding carboxylic acids is 2. The van der Waals surface area contributed by atoms with Gasteiger partial charge in [0.15, 0.2) is 5.56 Å². The minimum Gasteiger partial charge on any atom is -0.480 e. The minimum atomic E-state index is -0.594. The highest BCUT2D eigenvalue weighted by atomic mass is 16.5. The zero-order valence-corrected chi connectivity index (χ0v) is 10.6. The molecule has 0 saturated heterocycles. The lowest BCUT2D eigenvalue weighted by atomic mass is 10.3. The number of aromatic nitrogens is 2. The number of carbonyl (C=O) groups is 2. The fourth-order valence-corrected chi connectivity index (χ4v) is 1.49. The molecule has 8 heteroatoms. The van der Waals surface area contributed by atoms with E-state index in [1.165, 1.54) is 20.5 Å². The molecule has 0 radical (unpaired) electrons. The number of methoxy groups -OCH3 is 2. The number of hydrogen-bond donors (Lipinski definition) is 2. The lowest BCUT2D eigenvalue weighted by Crippen LogP contribution is -2.42. The van der Waals surface area contributed by atoms with Crippen LogP contribution < -0.4 is 20.3 Å². The lowest BCUT2D eigenvalue weighted by molar-refractivity contribution is -0.123. The average Bonchev–Trinajstić information content (AvgIpc) is 3.27. The summed E-state index contributed by atoms with van der Waals surface area (Å²) in [6, 6.07) is 0. The summed E-state index contributed by atoms with van der Waals surface area (Å²) in [5, 5.41) is 0. The molecule has 1 aliphatic carbocycles. The number of hydrazine groups is 1. The van der Waals surface area contributed by atoms with Crippen LogP contribution >= 0.6 is 0 Å². The summed E-state index contributed by atoms with van der Waals surface area (Å²) < 4.78 is 9.94. The van der Waals surface area contributed by atoms with E-state index in [2.05, 4.69) is 20.8 Å². The SMILES string of the molecule is COc1ncnc(OC)c1C(=O)NNC(=O)C1CC1. The van der Waals surface area contributed by atoms with Gasteiger partial charge in [-0.25, -0.2) is 9.97 Å². The Kier molecular flexibility index (Phi) is 3.79. The Hall–Kier alpha value is -2.38. The molecule has 102 valence electrons. The largest absolute Gasteiger partial charge is 0.480 e. The van der Waals surface area contributed by atoms with Crippen LogP contribution in [-0.4, -0.2) is 36.0 Å². The summed E-state index contributed by atoms with van der Waals surface area (Å²) in [7, 11) is 2.75. The molecule has 0 atom stereocenters. The lowest BCUT2D eigenvalue weighted by Gasteiger charge is -2.11. The second kappa shape index (κ2) is 5.51. The maximum Gasteiger partial charge on any atom is 0.280 e. The standard InChI is InChI=1S/C11H14N4O4/c1-18-10-7(11(19-2)13-5-12-10)9(17)15-14-8(16)6-3-4-6/h5-6H,3-4H2,1-2H3,(H,14,16)(H,15,17). The van der Waals surface area contributed by atoms with Gasteiger partial charge in [0.1, 0.15) is 6.33 Å². The van der Waals surface area contributed by atoms with Crippen LogP contribution in [0.4, 0.5) is 0 Å². The molecule has 2 N–H and O–H groups in total. The van der Waals surface area contributed by atoms with Gasteiger partial charge in [0, 0.05) is 5.92 Å². The first-order valence-corrected chi connectivity index (χ1v) is 5.70. The van der Waals surface area contributed by atoms with E-state index in [1.54, 1.807) is 0 Å². The second-order valence-corrected chi connectivity index (χ2v) is 3.98. The molecule has 0 bridgehead atoms. The van der Waals surface area contributed by atoms with Crippen molar-refractivity contribution in [3.63, 3.8) is 0 Å². The summed E-state index contributed by atoms with van der Waals surface area (Å²) in [5.74, 6) is -0.655. The zero-order chi connectivity index (χ0) is 13.8. The van der Waals surface area contributed by atoms with E-state index in [-0.39, 0.29) is 29.1 Å². The van der Waals surface area contributed by atoms with Crippen LogP contribution in [0.3, 0.4) is 0 Å². The van der Waals surface area contributed by atoms with Crippen LogP contribution in [0.15, 0.2) is 6.33 Å². The smallest absolute Gasteiger partial charge is 0.280 e. The van der Waals surface area contributed by atoms with Gasteiger partial charge >= 0.3 is 0 Å². The van der Waals surface area contributed by atoms with E-state index in [4.69, 9.17) is 9.47 Å². The Morgan fingerprint density at radius 3 is 2.21 bits per heavy atom. The third-order valence-corrected chi connectivity index (χ3v) is 2.64. The van der Waals surface area contributed by atoms with Gasteiger partial charge in [-0.2, -0.15) is 0 Å². The van der Waals surface area contributed by atoms with Gasteiger partial charge in [-0.3, -0.25) is 20.4 Å². The van der Waals surface area contributed by atoms with E-state index in [0.717, 1.165) is 12.8 Å². The van der Waals surface area contributed by atoms with E-state index < -0.39 is 5.91 Å². The van der Waals surface area contributed by atoms with Gasteiger partial charge in [-0.1, -0.05) is 0 Å². The first kappa shape index (κ1) is 13.1. The predicted molar refractivity (Wildman–Crippen MR) is 63.5 cm³/mol. The fourth-order valence-electron chi connectivity index (χ4n) is 1.49. The van der Waals surface area contributed by atoms with E-state index in [9.17, 15) is 9.59 Å². The summed E-state index contributed by atoms with van der Waals surface area (Å²) >= 11 is 0. The molecule has 2 amide bonds. The van der Waals surface area contributed by atoms with Gasteiger partial charge < -0.3 is 9.47 Å². The van der Waals surface area contributed by atoms with Crippen molar-refractivity contribution in [2.75, 3.05) is 14.2 Å². The maximum absolute atomic E-state index is 12.0. The first-order valence-electron chi connectivity index (χ1n) is 5.70. The molecule has 0 aliphatic heterocycles. The van der Waals surface area contributed by atoms with Crippen LogP contribution in [0.25, 0.3) is 0 Å². The van der Waals surface area contributed by atoms with Crippen LogP contribution in [0.1, 0.15) is 23.2 Å². The highest BCUT2D eigenvalue weighted by Crippen LogP contribution is 2.28. The van der Waals surface area contributed by atoms with Gasteiger partial charge in [-0.05, 0) is 12.8 Å². The number of ether oxygens (including phenoxy) is 2. The number of rotatable bonds is 4. The molecule has 1 aromatic heterocycles. The molecule has 1 fully saturated rings. The van der Waals surface area contributed by atoms with Crippen LogP contribution in [0.2, 0.25) is 0 Å². The van der Waals surface area contributed by atoms with Gasteiger partial charge in [0.2, 0.25) is 17.7 Å². The van der Waals surface area contributed by atoms with Crippen LogP contribution in [0.5, 0.6) is 11.8 Å². The van der Waals surface area contributed by atoms with Crippen LogP contribution in [-0.2, 0) is 4.79 Å². The van der Waals surface area contributed by atoms with E-state index >= 15 is 0 Å². The normalized spacial score (nSPS) is 13.6. The number of hydrogen-bond acceptors (Lipinski definition) is 6. The van der Waals surface area contributed by atoms with Crippen molar-refractivity contribution < 1.29 is 19.1 Å². The zero-order valence-electron chi connectivity index (χ0n) is 10.6. The third kappa shape index (κ3) is 2.90. The molecular formula is C11H14N4O4. The van der Waals surface area contributed by atoms with Crippen molar-refractivity contribution in [1.82, 2.24) is 20.8 Å². The van der Waals surface area contributed by atoms with Crippen LogP contribution in [0, 0.1) is 5.92 Å². The maximum atomic E-state index is 12.0. The molecule has 0 aromatic carbocycles. The Morgan fingerprint density at radius 1 is 1.16 bits per heavy atom. The molecule has 8 nitrogen and oxygen atoms in total. The summed E-state index contributed by atoms with van der Waals surface area (Å²) in [5.41, 5.74) is 4.66. The molecule has 1 saturated carbocycles. The first-order chi connectivity index (χ1) is 9.17.